The number of H-pyrrole nitrogens is 1. The SMILES string of the molecule is CCCn1c(N)c(N(CCOC)C(=O)Cn2nc3n(c2=O)CCCCC3)c(=O)[nH]c1=O. The highest BCUT2D eigenvalue weighted by Crippen LogP contribution is 2.17. The number of nitrogens with one attached hydrogen (secondary N) is 1. The van der Waals surface area contributed by atoms with E-state index in [4.69, 9.17) is 10.5 Å². The summed E-state index contributed by atoms with van der Waals surface area (Å²) in [6, 6.07) is 0. The molecule has 0 bridgehead atoms. The predicted octanol–water partition coefficient (Wildman–Crippen LogP) is -0.707. The number of rotatable bonds is 8. The second-order valence-electron chi connectivity index (χ2n) is 7.50. The third-order valence-electron chi connectivity index (χ3n) is 5.32. The van der Waals surface area contributed by atoms with Crippen molar-refractivity contribution in [3.05, 3.63) is 37.1 Å². The molecule has 3 rings (SSSR count). The molecule has 1 amide bonds. The monoisotopic (exact) mass is 435 g/mol. The summed E-state index contributed by atoms with van der Waals surface area (Å²) in [4.78, 5) is 54.0. The van der Waals surface area contributed by atoms with Gasteiger partial charge in [-0.1, -0.05) is 13.3 Å². The van der Waals surface area contributed by atoms with E-state index in [0.717, 1.165) is 28.8 Å². The Morgan fingerprint density at radius 2 is 2.03 bits per heavy atom. The molecule has 2 aromatic rings. The van der Waals surface area contributed by atoms with Gasteiger partial charge in [0.1, 0.15) is 18.2 Å². The Morgan fingerprint density at radius 3 is 2.74 bits per heavy atom. The number of ether oxygens (including phenoxy) is 1. The van der Waals surface area contributed by atoms with E-state index in [-0.39, 0.29) is 43.4 Å². The van der Waals surface area contributed by atoms with Crippen molar-refractivity contribution in [2.24, 2.45) is 0 Å². The van der Waals surface area contributed by atoms with Crippen molar-refractivity contribution in [3.8, 4) is 0 Å². The van der Waals surface area contributed by atoms with Crippen LogP contribution in [0.5, 0.6) is 0 Å². The predicted molar refractivity (Wildman–Crippen MR) is 114 cm³/mol. The molecule has 0 aliphatic carbocycles. The van der Waals surface area contributed by atoms with Gasteiger partial charge in [0.15, 0.2) is 5.69 Å². The maximum atomic E-state index is 13.2. The van der Waals surface area contributed by atoms with Crippen LogP contribution in [0.3, 0.4) is 0 Å². The van der Waals surface area contributed by atoms with Gasteiger partial charge < -0.3 is 15.4 Å². The molecule has 0 atom stereocenters. The maximum absolute atomic E-state index is 13.2. The first kappa shape index (κ1) is 22.5. The molecule has 1 aliphatic rings. The van der Waals surface area contributed by atoms with E-state index in [9.17, 15) is 19.2 Å². The smallest absolute Gasteiger partial charge is 0.346 e. The van der Waals surface area contributed by atoms with Gasteiger partial charge in [-0.05, 0) is 19.3 Å². The Morgan fingerprint density at radius 1 is 1.26 bits per heavy atom. The van der Waals surface area contributed by atoms with Gasteiger partial charge in [0.05, 0.1) is 6.61 Å². The molecule has 12 heteroatoms. The summed E-state index contributed by atoms with van der Waals surface area (Å²) < 4.78 is 9.01. The number of nitrogen functional groups attached to an aromatic ring is 1. The zero-order chi connectivity index (χ0) is 22.5. The summed E-state index contributed by atoms with van der Waals surface area (Å²) in [5, 5.41) is 4.33. The number of aromatic amines is 1. The summed E-state index contributed by atoms with van der Waals surface area (Å²) in [5.74, 6) is 0.00641. The van der Waals surface area contributed by atoms with E-state index in [0.29, 0.717) is 25.2 Å². The molecule has 0 saturated carbocycles. The molecule has 170 valence electrons. The molecule has 0 spiro atoms. The Labute approximate surface area is 178 Å². The standard InChI is InChI=1S/C19H29N7O5/c1-3-8-25-16(20)15(17(28)21-18(25)29)24(10-11-31-2)14(27)12-26-19(30)23-9-6-4-5-7-13(23)22-26/h3-12,20H2,1-2H3,(H,21,28,29). The van der Waals surface area contributed by atoms with Crippen molar-refractivity contribution >= 4 is 17.4 Å². The Bertz CT molecular complexity index is 1110. The topological polar surface area (TPSA) is 150 Å². The van der Waals surface area contributed by atoms with E-state index in [1.165, 1.54) is 11.7 Å². The van der Waals surface area contributed by atoms with Crippen molar-refractivity contribution in [2.75, 3.05) is 30.9 Å². The second kappa shape index (κ2) is 9.77. The fourth-order valence-electron chi connectivity index (χ4n) is 3.77. The first-order valence-corrected chi connectivity index (χ1v) is 10.5. The van der Waals surface area contributed by atoms with Gasteiger partial charge >= 0.3 is 11.4 Å². The number of aromatic nitrogens is 5. The van der Waals surface area contributed by atoms with Crippen LogP contribution in [0.2, 0.25) is 0 Å². The lowest BCUT2D eigenvalue weighted by Crippen LogP contribution is -2.44. The number of hydrogen-bond donors (Lipinski definition) is 2. The van der Waals surface area contributed by atoms with Crippen molar-refractivity contribution in [3.63, 3.8) is 0 Å². The molecule has 0 unspecified atom stereocenters. The summed E-state index contributed by atoms with van der Waals surface area (Å²) >= 11 is 0. The third kappa shape index (κ3) is 4.63. The van der Waals surface area contributed by atoms with Gasteiger partial charge in [0.2, 0.25) is 5.91 Å². The number of anilines is 2. The molecule has 31 heavy (non-hydrogen) atoms. The van der Waals surface area contributed by atoms with Crippen LogP contribution in [0, 0.1) is 0 Å². The summed E-state index contributed by atoms with van der Waals surface area (Å²) in [7, 11) is 1.46. The quantitative estimate of drug-likeness (QED) is 0.556. The first-order valence-electron chi connectivity index (χ1n) is 10.5. The average molecular weight is 435 g/mol. The van der Waals surface area contributed by atoms with Gasteiger partial charge in [-0.25, -0.2) is 14.3 Å². The van der Waals surface area contributed by atoms with Gasteiger partial charge in [-0.3, -0.25) is 23.7 Å². The summed E-state index contributed by atoms with van der Waals surface area (Å²) in [6.07, 6.45) is 4.14. The molecule has 0 fully saturated rings. The number of aryl methyl sites for hydroxylation is 1. The van der Waals surface area contributed by atoms with Crippen LogP contribution in [-0.4, -0.2) is 50.1 Å². The van der Waals surface area contributed by atoms with E-state index in [2.05, 4.69) is 10.1 Å². The summed E-state index contributed by atoms with van der Waals surface area (Å²) in [6.45, 7) is 2.52. The lowest BCUT2D eigenvalue weighted by molar-refractivity contribution is -0.119. The summed E-state index contributed by atoms with van der Waals surface area (Å²) in [5.41, 5.74) is 4.23. The average Bonchev–Trinajstić information content (AvgIpc) is 2.89. The number of methoxy groups -OCH3 is 1. The molecule has 12 nitrogen and oxygen atoms in total. The molecular formula is C19H29N7O5. The largest absolute Gasteiger partial charge is 0.383 e. The van der Waals surface area contributed by atoms with Crippen molar-refractivity contribution in [1.82, 2.24) is 23.9 Å². The van der Waals surface area contributed by atoms with Crippen LogP contribution in [0.1, 0.15) is 38.4 Å². The molecule has 0 saturated heterocycles. The van der Waals surface area contributed by atoms with Crippen LogP contribution in [0.15, 0.2) is 14.4 Å². The number of nitrogens with zero attached hydrogens (tertiary/aromatic N) is 5. The zero-order valence-electron chi connectivity index (χ0n) is 17.9. The molecule has 3 heterocycles. The number of amides is 1. The minimum atomic E-state index is -0.771. The normalized spacial score (nSPS) is 13.6. The fraction of sp³-hybridized carbons (Fsp3) is 0.632. The van der Waals surface area contributed by atoms with E-state index in [1.54, 1.807) is 4.57 Å². The van der Waals surface area contributed by atoms with Crippen LogP contribution in [0.25, 0.3) is 0 Å². The van der Waals surface area contributed by atoms with E-state index in [1.807, 2.05) is 6.92 Å². The Balaban J connectivity index is 1.98. The molecule has 1 aliphatic heterocycles. The molecule has 0 aromatic carbocycles. The third-order valence-corrected chi connectivity index (χ3v) is 5.32. The highest BCUT2D eigenvalue weighted by atomic mass is 16.5. The first-order chi connectivity index (χ1) is 14.9. The maximum Gasteiger partial charge on any atom is 0.346 e. The Hall–Kier alpha value is -3.15. The number of carbonyl (C=O) groups is 1. The van der Waals surface area contributed by atoms with Crippen LogP contribution >= 0.6 is 0 Å². The van der Waals surface area contributed by atoms with E-state index >= 15 is 0 Å². The molecule has 3 N–H and O–H groups in total. The zero-order valence-corrected chi connectivity index (χ0v) is 17.9. The number of nitrogens with two attached hydrogens (primary N) is 1. The molecule has 2 aromatic heterocycles. The second-order valence-corrected chi connectivity index (χ2v) is 7.50. The molecular weight excluding hydrogens is 406 g/mol. The van der Waals surface area contributed by atoms with Crippen molar-refractivity contribution < 1.29 is 9.53 Å². The van der Waals surface area contributed by atoms with Crippen molar-refractivity contribution in [1.29, 1.82) is 0 Å². The Kier molecular flexibility index (Phi) is 7.10. The minimum absolute atomic E-state index is 0.0231. The number of carbonyl (C=O) groups excluding carboxylic acids is 1. The number of hydrogen-bond acceptors (Lipinski definition) is 7. The van der Waals surface area contributed by atoms with Crippen LogP contribution in [0.4, 0.5) is 11.5 Å². The fourth-order valence-corrected chi connectivity index (χ4v) is 3.77. The van der Waals surface area contributed by atoms with Gasteiger partial charge in [0, 0.05) is 33.2 Å². The van der Waals surface area contributed by atoms with Crippen molar-refractivity contribution in [2.45, 2.75) is 58.7 Å². The minimum Gasteiger partial charge on any atom is -0.383 e. The van der Waals surface area contributed by atoms with E-state index < -0.39 is 17.2 Å². The van der Waals surface area contributed by atoms with Gasteiger partial charge in [-0.2, -0.15) is 5.10 Å². The van der Waals surface area contributed by atoms with Crippen LogP contribution in [-0.2, 0) is 35.6 Å². The number of fused-ring (bicyclic) bond motifs is 1. The van der Waals surface area contributed by atoms with Gasteiger partial charge in [0.25, 0.3) is 5.56 Å². The lowest BCUT2D eigenvalue weighted by Gasteiger charge is -2.24. The lowest BCUT2D eigenvalue weighted by atomic mass is 10.2. The molecule has 0 radical (unpaired) electrons. The highest BCUT2D eigenvalue weighted by molar-refractivity contribution is 5.95. The van der Waals surface area contributed by atoms with Gasteiger partial charge in [-0.15, -0.1) is 0 Å². The van der Waals surface area contributed by atoms with Crippen LogP contribution < -0.4 is 27.6 Å². The highest BCUT2D eigenvalue weighted by Gasteiger charge is 2.26.